The molecule has 1 aromatic carbocycles. The van der Waals surface area contributed by atoms with Crippen LogP contribution >= 0.6 is 0 Å². The molecule has 2 aromatic rings. The van der Waals surface area contributed by atoms with Gasteiger partial charge in [-0.15, -0.1) is 0 Å². The summed E-state index contributed by atoms with van der Waals surface area (Å²) in [4.78, 5) is 18.6. The molecule has 0 spiro atoms. The predicted octanol–water partition coefficient (Wildman–Crippen LogP) is 2.31. The largest absolute Gasteiger partial charge is 0.350 e. The van der Waals surface area contributed by atoms with Gasteiger partial charge < -0.3 is 5.32 Å². The molecule has 0 saturated carbocycles. The van der Waals surface area contributed by atoms with Gasteiger partial charge in [0.1, 0.15) is 0 Å². The van der Waals surface area contributed by atoms with Crippen LogP contribution in [0.2, 0.25) is 0 Å². The highest BCUT2D eigenvalue weighted by Crippen LogP contribution is 2.18. The van der Waals surface area contributed by atoms with Gasteiger partial charge in [0.15, 0.2) is 0 Å². The van der Waals surface area contributed by atoms with Crippen LogP contribution in [0.15, 0.2) is 36.7 Å². The van der Waals surface area contributed by atoms with Crippen LogP contribution in [0, 0.1) is 17.0 Å². The monoisotopic (exact) mass is 244 g/mol. The second kappa shape index (κ2) is 5.22. The molecular weight excluding hydrogens is 232 g/mol. The Labute approximate surface area is 104 Å². The zero-order chi connectivity index (χ0) is 13.0. The van der Waals surface area contributed by atoms with E-state index >= 15 is 0 Å². The van der Waals surface area contributed by atoms with Crippen LogP contribution in [-0.2, 0) is 6.54 Å². The van der Waals surface area contributed by atoms with Gasteiger partial charge in [0.25, 0.3) is 5.69 Å². The lowest BCUT2D eigenvalue weighted by atomic mass is 10.2. The van der Waals surface area contributed by atoms with Gasteiger partial charge in [-0.3, -0.25) is 10.1 Å². The van der Waals surface area contributed by atoms with Crippen molar-refractivity contribution < 1.29 is 4.92 Å². The molecule has 0 unspecified atom stereocenters. The Morgan fingerprint density at radius 1 is 1.28 bits per heavy atom. The highest BCUT2D eigenvalue weighted by Gasteiger charge is 2.11. The Morgan fingerprint density at radius 2 is 1.94 bits per heavy atom. The molecule has 1 N–H and O–H groups in total. The highest BCUT2D eigenvalue weighted by molar-refractivity contribution is 5.42. The first kappa shape index (κ1) is 12.0. The zero-order valence-electron chi connectivity index (χ0n) is 9.83. The van der Waals surface area contributed by atoms with Crippen molar-refractivity contribution in [2.75, 3.05) is 5.32 Å². The third kappa shape index (κ3) is 2.79. The maximum atomic E-state index is 10.8. The lowest BCUT2D eigenvalue weighted by Crippen LogP contribution is -2.05. The molecular formula is C12H12N4O2. The van der Waals surface area contributed by atoms with Crippen molar-refractivity contribution in [3.8, 4) is 0 Å². The van der Waals surface area contributed by atoms with Crippen molar-refractivity contribution in [3.05, 3.63) is 57.9 Å². The molecule has 18 heavy (non-hydrogen) atoms. The van der Waals surface area contributed by atoms with Crippen molar-refractivity contribution in [3.63, 3.8) is 0 Å². The Morgan fingerprint density at radius 3 is 2.61 bits per heavy atom. The molecule has 0 aliphatic carbocycles. The summed E-state index contributed by atoms with van der Waals surface area (Å²) in [5, 5.41) is 13.8. The van der Waals surface area contributed by atoms with Crippen LogP contribution < -0.4 is 5.32 Å². The smallest absolute Gasteiger partial charge is 0.274 e. The Hall–Kier alpha value is -2.50. The molecule has 6 heteroatoms. The van der Waals surface area contributed by atoms with Gasteiger partial charge in [0, 0.05) is 30.6 Å². The minimum absolute atomic E-state index is 0.0945. The second-order valence-electron chi connectivity index (χ2n) is 3.82. The summed E-state index contributed by atoms with van der Waals surface area (Å²) >= 11 is 0. The Balaban J connectivity index is 2.10. The van der Waals surface area contributed by atoms with E-state index in [2.05, 4.69) is 15.3 Å². The standard InChI is InChI=1S/C12H12N4O2/c1-9-6-13-12(14-7-9)15-8-10-4-2-3-5-11(10)16(17)18/h2-7H,8H2,1H3,(H,13,14,15). The van der Waals surface area contributed by atoms with E-state index in [0.29, 0.717) is 18.1 Å². The van der Waals surface area contributed by atoms with Crippen molar-refractivity contribution in [2.45, 2.75) is 13.5 Å². The zero-order valence-corrected chi connectivity index (χ0v) is 9.83. The quantitative estimate of drug-likeness (QED) is 0.659. The van der Waals surface area contributed by atoms with Crippen LogP contribution in [0.3, 0.4) is 0 Å². The van der Waals surface area contributed by atoms with Crippen LogP contribution in [0.25, 0.3) is 0 Å². The van der Waals surface area contributed by atoms with Gasteiger partial charge in [-0.1, -0.05) is 18.2 Å². The van der Waals surface area contributed by atoms with Crippen molar-refractivity contribution in [1.29, 1.82) is 0 Å². The number of nitrogens with one attached hydrogen (secondary N) is 1. The molecule has 0 fully saturated rings. The Bertz CT molecular complexity index is 554. The lowest BCUT2D eigenvalue weighted by molar-refractivity contribution is -0.385. The van der Waals surface area contributed by atoms with E-state index in [9.17, 15) is 10.1 Å². The van der Waals surface area contributed by atoms with E-state index in [1.165, 1.54) is 6.07 Å². The van der Waals surface area contributed by atoms with Gasteiger partial charge in [-0.2, -0.15) is 0 Å². The van der Waals surface area contributed by atoms with Crippen LogP contribution in [-0.4, -0.2) is 14.9 Å². The fourth-order valence-electron chi connectivity index (χ4n) is 1.50. The average molecular weight is 244 g/mol. The number of benzene rings is 1. The number of hydrogen-bond donors (Lipinski definition) is 1. The molecule has 1 heterocycles. The molecule has 92 valence electrons. The van der Waals surface area contributed by atoms with Crippen molar-refractivity contribution >= 4 is 11.6 Å². The fraction of sp³-hybridized carbons (Fsp3) is 0.167. The summed E-state index contributed by atoms with van der Waals surface area (Å²) in [6.45, 7) is 2.21. The van der Waals surface area contributed by atoms with Crippen LogP contribution in [0.1, 0.15) is 11.1 Å². The third-order valence-electron chi connectivity index (χ3n) is 2.41. The molecule has 2 rings (SSSR count). The molecule has 6 nitrogen and oxygen atoms in total. The average Bonchev–Trinajstić information content (AvgIpc) is 2.38. The number of nitrogens with zero attached hydrogens (tertiary/aromatic N) is 3. The summed E-state index contributed by atoms with van der Waals surface area (Å²) in [6, 6.07) is 6.59. The molecule has 0 saturated heterocycles. The number of nitro benzene ring substituents is 1. The highest BCUT2D eigenvalue weighted by atomic mass is 16.6. The maximum Gasteiger partial charge on any atom is 0.274 e. The van der Waals surface area contributed by atoms with Gasteiger partial charge in [-0.25, -0.2) is 9.97 Å². The molecule has 0 radical (unpaired) electrons. The van der Waals surface area contributed by atoms with E-state index in [1.54, 1.807) is 30.6 Å². The maximum absolute atomic E-state index is 10.8. The SMILES string of the molecule is Cc1cnc(NCc2ccccc2[N+](=O)[O-])nc1. The first-order valence-electron chi connectivity index (χ1n) is 5.41. The number of para-hydroxylation sites is 1. The Kier molecular flexibility index (Phi) is 3.47. The fourth-order valence-corrected chi connectivity index (χ4v) is 1.50. The molecule has 0 atom stereocenters. The summed E-state index contributed by atoms with van der Waals surface area (Å²) in [7, 11) is 0. The molecule has 0 aliphatic rings. The first-order chi connectivity index (χ1) is 8.66. The van der Waals surface area contributed by atoms with E-state index < -0.39 is 4.92 Å². The van der Waals surface area contributed by atoms with E-state index in [1.807, 2.05) is 6.92 Å². The molecule has 0 aliphatic heterocycles. The van der Waals surface area contributed by atoms with Crippen LogP contribution in [0.5, 0.6) is 0 Å². The van der Waals surface area contributed by atoms with Gasteiger partial charge in [0.2, 0.25) is 5.95 Å². The number of nitro groups is 1. The molecule has 0 amide bonds. The minimum Gasteiger partial charge on any atom is -0.350 e. The number of anilines is 1. The summed E-state index contributed by atoms with van der Waals surface area (Å²) in [5.41, 5.74) is 1.66. The molecule has 1 aromatic heterocycles. The number of aryl methyl sites for hydroxylation is 1. The van der Waals surface area contributed by atoms with Crippen LogP contribution in [0.4, 0.5) is 11.6 Å². The minimum atomic E-state index is -0.396. The van der Waals surface area contributed by atoms with Gasteiger partial charge in [0.05, 0.1) is 4.92 Å². The van der Waals surface area contributed by atoms with E-state index in [4.69, 9.17) is 0 Å². The topological polar surface area (TPSA) is 81.0 Å². The number of aromatic nitrogens is 2. The molecule has 0 bridgehead atoms. The van der Waals surface area contributed by atoms with E-state index in [0.717, 1.165) is 5.56 Å². The number of hydrogen-bond acceptors (Lipinski definition) is 5. The van der Waals surface area contributed by atoms with Crippen molar-refractivity contribution in [1.82, 2.24) is 9.97 Å². The van der Waals surface area contributed by atoms with Gasteiger partial charge >= 0.3 is 0 Å². The third-order valence-corrected chi connectivity index (χ3v) is 2.41. The number of rotatable bonds is 4. The summed E-state index contributed by atoms with van der Waals surface area (Å²) in [5.74, 6) is 0.457. The summed E-state index contributed by atoms with van der Waals surface area (Å²) in [6.07, 6.45) is 3.38. The summed E-state index contributed by atoms with van der Waals surface area (Å²) < 4.78 is 0. The van der Waals surface area contributed by atoms with Gasteiger partial charge in [-0.05, 0) is 12.5 Å². The second-order valence-corrected chi connectivity index (χ2v) is 3.82. The first-order valence-corrected chi connectivity index (χ1v) is 5.41. The van der Waals surface area contributed by atoms with E-state index in [-0.39, 0.29) is 5.69 Å². The predicted molar refractivity (Wildman–Crippen MR) is 67.2 cm³/mol. The normalized spacial score (nSPS) is 10.1. The van der Waals surface area contributed by atoms with Crippen molar-refractivity contribution in [2.24, 2.45) is 0 Å². The lowest BCUT2D eigenvalue weighted by Gasteiger charge is -2.05.